The van der Waals surface area contributed by atoms with Crippen LogP contribution in [0.2, 0.25) is 0 Å². The molecule has 0 nitrogen and oxygen atoms in total. The minimum atomic E-state index is -0.717. The quantitative estimate of drug-likeness (QED) is 0.451. The third-order valence-electron chi connectivity index (χ3n) is 10.3. The Kier molecular flexibility index (Phi) is 6.72. The van der Waals surface area contributed by atoms with Crippen LogP contribution in [0.5, 0.6) is 0 Å². The van der Waals surface area contributed by atoms with Gasteiger partial charge in [-0.15, -0.1) is 0 Å². The molecule has 0 heterocycles. The van der Waals surface area contributed by atoms with Gasteiger partial charge in [0.2, 0.25) is 0 Å². The third-order valence-corrected chi connectivity index (χ3v) is 10.3. The van der Waals surface area contributed by atoms with Gasteiger partial charge in [0.25, 0.3) is 0 Å². The van der Waals surface area contributed by atoms with Crippen molar-refractivity contribution in [3.63, 3.8) is 0 Å². The highest BCUT2D eigenvalue weighted by Gasteiger charge is 2.40. The van der Waals surface area contributed by atoms with Crippen LogP contribution in [0.3, 0.4) is 0 Å². The zero-order chi connectivity index (χ0) is 21.4. The summed E-state index contributed by atoms with van der Waals surface area (Å²) in [5.41, 5.74) is 1.02. The van der Waals surface area contributed by atoms with E-state index in [1.54, 1.807) is 0 Å². The normalized spacial score (nSPS) is 41.5. The highest BCUT2D eigenvalue weighted by atomic mass is 19.2. The Morgan fingerprint density at radius 2 is 1.03 bits per heavy atom. The van der Waals surface area contributed by atoms with Crippen LogP contribution >= 0.6 is 0 Å². The fourth-order valence-electron chi connectivity index (χ4n) is 8.27. The van der Waals surface area contributed by atoms with Crippen LogP contribution in [0.25, 0.3) is 0 Å². The molecular weight excluding hydrogens is 386 g/mol. The Balaban J connectivity index is 1.11. The molecule has 0 radical (unpaired) electrons. The Hall–Kier alpha value is -0.920. The fraction of sp³-hybridized carbons (Fsp3) is 0.793. The Bertz CT molecular complexity index is 726. The van der Waals surface area contributed by atoms with Crippen LogP contribution in [-0.2, 0) is 0 Å². The first-order valence-electron chi connectivity index (χ1n) is 13.5. The minimum absolute atomic E-state index is 0.432. The highest BCUT2D eigenvalue weighted by molar-refractivity contribution is 5.22. The predicted molar refractivity (Wildman–Crippen MR) is 124 cm³/mol. The van der Waals surface area contributed by atoms with Crippen molar-refractivity contribution >= 4 is 0 Å². The summed E-state index contributed by atoms with van der Waals surface area (Å²) >= 11 is 0. The van der Waals surface area contributed by atoms with Crippen molar-refractivity contribution in [1.82, 2.24) is 0 Å². The molecule has 1 aromatic rings. The van der Waals surface area contributed by atoms with Crippen molar-refractivity contribution in [3.8, 4) is 0 Å². The molecule has 0 bridgehead atoms. The molecule has 4 fully saturated rings. The van der Waals surface area contributed by atoms with Crippen LogP contribution in [0.4, 0.5) is 8.78 Å². The summed E-state index contributed by atoms with van der Waals surface area (Å²) in [5.74, 6) is 5.73. The molecule has 0 saturated heterocycles. The van der Waals surface area contributed by atoms with E-state index >= 15 is 0 Å². The Morgan fingerprint density at radius 3 is 1.68 bits per heavy atom. The van der Waals surface area contributed by atoms with Crippen molar-refractivity contribution in [2.24, 2.45) is 41.4 Å². The number of halogens is 2. The maximum absolute atomic E-state index is 13.7. The van der Waals surface area contributed by atoms with Crippen molar-refractivity contribution in [1.29, 1.82) is 0 Å². The summed E-state index contributed by atoms with van der Waals surface area (Å²) in [6, 6.07) is 4.59. The zero-order valence-electron chi connectivity index (χ0n) is 19.5. The first-order valence-corrected chi connectivity index (χ1v) is 13.5. The molecule has 2 heteroatoms. The second-order valence-electron chi connectivity index (χ2n) is 12.0. The first kappa shape index (κ1) is 21.9. The van der Waals surface area contributed by atoms with Crippen LogP contribution in [0.15, 0.2) is 18.2 Å². The van der Waals surface area contributed by atoms with Gasteiger partial charge in [0.15, 0.2) is 11.6 Å². The van der Waals surface area contributed by atoms with Crippen LogP contribution in [0, 0.1) is 53.1 Å². The maximum Gasteiger partial charge on any atom is 0.159 e. The molecule has 0 aromatic heterocycles. The fourth-order valence-corrected chi connectivity index (χ4v) is 8.27. The highest BCUT2D eigenvalue weighted by Crippen LogP contribution is 2.51. The van der Waals surface area contributed by atoms with Crippen molar-refractivity contribution < 1.29 is 8.78 Å². The topological polar surface area (TPSA) is 0 Å². The molecule has 0 N–H and O–H groups in total. The van der Waals surface area contributed by atoms with Gasteiger partial charge in [-0.2, -0.15) is 0 Å². The standard InChI is InChI=1S/C29H42F2/c1-19-2-4-20(5-3-19)21-6-8-22(9-7-21)23-10-11-25-17-26(13-12-24(25)16-23)27-14-15-28(30)29(31)18-27/h14-15,18-26H,2-13,16-17H2,1H3. The van der Waals surface area contributed by atoms with E-state index in [-0.39, 0.29) is 0 Å². The van der Waals surface area contributed by atoms with E-state index in [4.69, 9.17) is 0 Å². The first-order chi connectivity index (χ1) is 15.1. The molecule has 4 aliphatic rings. The van der Waals surface area contributed by atoms with E-state index in [0.29, 0.717) is 5.92 Å². The lowest BCUT2D eigenvalue weighted by atomic mass is 9.59. The molecule has 4 unspecified atom stereocenters. The van der Waals surface area contributed by atoms with Gasteiger partial charge in [0, 0.05) is 0 Å². The second kappa shape index (κ2) is 9.52. The lowest BCUT2D eigenvalue weighted by Crippen LogP contribution is -2.35. The largest absolute Gasteiger partial charge is 0.204 e. The van der Waals surface area contributed by atoms with Gasteiger partial charge in [-0.3, -0.25) is 0 Å². The van der Waals surface area contributed by atoms with Crippen molar-refractivity contribution in [3.05, 3.63) is 35.4 Å². The minimum Gasteiger partial charge on any atom is -0.204 e. The molecule has 4 atom stereocenters. The predicted octanol–water partition coefficient (Wildman–Crippen LogP) is 8.90. The van der Waals surface area contributed by atoms with Crippen LogP contribution < -0.4 is 0 Å². The molecule has 0 amide bonds. The van der Waals surface area contributed by atoms with Gasteiger partial charge in [0.05, 0.1) is 0 Å². The number of hydrogen-bond donors (Lipinski definition) is 0. The van der Waals surface area contributed by atoms with Crippen molar-refractivity contribution in [2.75, 3.05) is 0 Å². The molecule has 0 spiro atoms. The molecule has 5 rings (SSSR count). The van der Waals surface area contributed by atoms with Gasteiger partial charge >= 0.3 is 0 Å². The van der Waals surface area contributed by atoms with Gasteiger partial charge in [-0.1, -0.05) is 25.8 Å². The summed E-state index contributed by atoms with van der Waals surface area (Å²) < 4.78 is 27.0. The summed E-state index contributed by atoms with van der Waals surface area (Å²) in [4.78, 5) is 0. The van der Waals surface area contributed by atoms with Gasteiger partial charge < -0.3 is 0 Å². The zero-order valence-corrected chi connectivity index (χ0v) is 19.5. The van der Waals surface area contributed by atoms with E-state index in [1.165, 1.54) is 95.6 Å². The van der Waals surface area contributed by atoms with Crippen LogP contribution in [0.1, 0.15) is 108 Å². The Morgan fingerprint density at radius 1 is 0.548 bits per heavy atom. The van der Waals surface area contributed by atoms with E-state index in [2.05, 4.69) is 6.92 Å². The van der Waals surface area contributed by atoms with E-state index in [0.717, 1.165) is 53.4 Å². The number of hydrogen-bond acceptors (Lipinski definition) is 0. The molecule has 1 aromatic carbocycles. The molecule has 4 saturated carbocycles. The SMILES string of the molecule is CC1CCC(C2CCC(C3CCC4CC(c5ccc(F)c(F)c5)CCC4C3)CC2)CC1. The summed E-state index contributed by atoms with van der Waals surface area (Å²) in [6.45, 7) is 2.44. The van der Waals surface area contributed by atoms with E-state index < -0.39 is 11.6 Å². The summed E-state index contributed by atoms with van der Waals surface area (Å²) in [6.07, 6.45) is 19.8. The van der Waals surface area contributed by atoms with E-state index in [1.807, 2.05) is 6.07 Å². The third kappa shape index (κ3) is 4.88. The van der Waals surface area contributed by atoms with Gasteiger partial charge in [0.1, 0.15) is 0 Å². The number of fused-ring (bicyclic) bond motifs is 1. The van der Waals surface area contributed by atoms with Crippen molar-refractivity contribution in [2.45, 2.75) is 103 Å². The van der Waals surface area contributed by atoms with E-state index in [9.17, 15) is 8.78 Å². The second-order valence-corrected chi connectivity index (χ2v) is 12.0. The lowest BCUT2D eigenvalue weighted by molar-refractivity contribution is 0.0609. The monoisotopic (exact) mass is 428 g/mol. The van der Waals surface area contributed by atoms with Crippen LogP contribution in [-0.4, -0.2) is 0 Å². The van der Waals surface area contributed by atoms with Gasteiger partial charge in [-0.25, -0.2) is 8.78 Å². The Labute approximate surface area is 188 Å². The van der Waals surface area contributed by atoms with Gasteiger partial charge in [-0.05, 0) is 142 Å². The summed E-state index contributed by atoms with van der Waals surface area (Å²) in [7, 11) is 0. The smallest absolute Gasteiger partial charge is 0.159 e. The summed E-state index contributed by atoms with van der Waals surface area (Å²) in [5, 5.41) is 0. The molecule has 31 heavy (non-hydrogen) atoms. The molecule has 172 valence electrons. The average molecular weight is 429 g/mol. The average Bonchev–Trinajstić information content (AvgIpc) is 2.81. The number of benzene rings is 1. The lowest BCUT2D eigenvalue weighted by Gasteiger charge is -2.46. The maximum atomic E-state index is 13.7. The molecule has 0 aliphatic heterocycles. The molecular formula is C29H42F2. The molecule has 4 aliphatic carbocycles. The number of rotatable bonds is 3.